The van der Waals surface area contributed by atoms with Gasteiger partial charge in [-0.3, -0.25) is 0 Å². The van der Waals surface area contributed by atoms with Crippen molar-refractivity contribution in [3.63, 3.8) is 0 Å². The second-order valence-electron chi connectivity index (χ2n) is 8.17. The Hall–Kier alpha value is -2.15. The molecule has 0 bridgehead atoms. The van der Waals surface area contributed by atoms with Crippen molar-refractivity contribution in [2.45, 2.75) is 40.5 Å². The summed E-state index contributed by atoms with van der Waals surface area (Å²) in [7, 11) is 0. The molecule has 7 heteroatoms. The molecule has 0 aliphatic carbocycles. The first kappa shape index (κ1) is 23.5. The van der Waals surface area contributed by atoms with E-state index in [1.165, 1.54) is 18.8 Å². The number of benzene rings is 1. The van der Waals surface area contributed by atoms with Crippen LogP contribution < -0.4 is 34.5 Å². The summed E-state index contributed by atoms with van der Waals surface area (Å²) in [6.07, 6.45) is 2.44. The third-order valence-corrected chi connectivity index (χ3v) is 4.85. The molecule has 0 atom stereocenters. The topological polar surface area (TPSA) is 75.3 Å². The minimum absolute atomic E-state index is 0. The molecule has 1 fully saturated rings. The van der Waals surface area contributed by atoms with Crippen LogP contribution in [0.3, 0.4) is 0 Å². The fourth-order valence-corrected chi connectivity index (χ4v) is 3.55. The number of nitrogens with zero attached hydrogens (tertiary/aromatic N) is 4. The van der Waals surface area contributed by atoms with E-state index in [2.05, 4.69) is 35.6 Å². The zero-order chi connectivity index (χ0) is 21.3. The number of rotatable bonds is 2. The van der Waals surface area contributed by atoms with Crippen LogP contribution in [0.1, 0.15) is 39.5 Å². The van der Waals surface area contributed by atoms with Crippen LogP contribution in [0, 0.1) is 12.8 Å². The Labute approximate surface area is 205 Å². The van der Waals surface area contributed by atoms with Gasteiger partial charge in [-0.05, 0) is 43.2 Å². The number of aryl methyl sites for hydroxylation is 1. The Morgan fingerprint density at radius 3 is 2.26 bits per heavy atom. The maximum atomic E-state index is 10.4. The van der Waals surface area contributed by atoms with Crippen molar-refractivity contribution in [1.82, 2.24) is 15.0 Å². The molecule has 31 heavy (non-hydrogen) atoms. The van der Waals surface area contributed by atoms with E-state index >= 15 is 0 Å². The van der Waals surface area contributed by atoms with E-state index in [-0.39, 0.29) is 35.3 Å². The minimum Gasteiger partial charge on any atom is -0.507 e. The van der Waals surface area contributed by atoms with Crippen molar-refractivity contribution in [2.24, 2.45) is 0 Å². The van der Waals surface area contributed by atoms with E-state index in [1.807, 2.05) is 24.3 Å². The van der Waals surface area contributed by atoms with Crippen LogP contribution in [0.5, 0.6) is 5.75 Å². The molecular formula is C24H27N4NaO2. The van der Waals surface area contributed by atoms with Crippen LogP contribution in [0.25, 0.3) is 33.4 Å². The van der Waals surface area contributed by atoms with Gasteiger partial charge in [0, 0.05) is 31.6 Å². The number of aromatic nitrogens is 3. The molecule has 4 heterocycles. The first-order valence-corrected chi connectivity index (χ1v) is 10.3. The third-order valence-electron chi connectivity index (χ3n) is 4.85. The molecular weight excluding hydrogens is 399 g/mol. The Bertz CT molecular complexity index is 1180. The normalized spacial score (nSPS) is 13.4. The molecule has 0 amide bonds. The predicted molar refractivity (Wildman–Crippen MR) is 121 cm³/mol. The quantitative estimate of drug-likeness (QED) is 0.392. The maximum Gasteiger partial charge on any atom is 1.00 e. The predicted octanol–water partition coefficient (Wildman–Crippen LogP) is 2.68. The summed E-state index contributed by atoms with van der Waals surface area (Å²) < 4.78 is 5.58. The molecule has 156 valence electrons. The van der Waals surface area contributed by atoms with Gasteiger partial charge in [0.1, 0.15) is 17.1 Å². The van der Waals surface area contributed by atoms with Gasteiger partial charge in [-0.15, -0.1) is 0 Å². The molecule has 3 aromatic heterocycles. The zero-order valence-electron chi connectivity index (χ0n) is 18.9. The van der Waals surface area contributed by atoms with Gasteiger partial charge >= 0.3 is 29.6 Å². The third kappa shape index (κ3) is 5.37. The Balaban J connectivity index is 0.000000504. The molecule has 0 saturated carbocycles. The van der Waals surface area contributed by atoms with Crippen molar-refractivity contribution < 1.29 is 39.1 Å². The average Bonchev–Trinajstić information content (AvgIpc) is 3.35. The summed E-state index contributed by atoms with van der Waals surface area (Å²) in [5, 5.41) is 10.4. The average molecular weight is 426 g/mol. The number of hydrogen-bond acceptors (Lipinski definition) is 6. The van der Waals surface area contributed by atoms with Crippen LogP contribution in [0.2, 0.25) is 0 Å². The molecule has 0 unspecified atom stereocenters. The maximum absolute atomic E-state index is 10.4. The molecule has 4 aromatic rings. The molecule has 1 aliphatic rings. The number of phenolic OH excluding ortho intramolecular Hbond substituents is 1. The molecule has 0 radical (unpaired) electrons. The van der Waals surface area contributed by atoms with Crippen molar-refractivity contribution in [1.29, 1.82) is 0 Å². The van der Waals surface area contributed by atoms with E-state index in [9.17, 15) is 5.11 Å². The van der Waals surface area contributed by atoms with Gasteiger partial charge in [-0.1, -0.05) is 0 Å². The van der Waals surface area contributed by atoms with Gasteiger partial charge in [-0.25, -0.2) is 15.0 Å². The summed E-state index contributed by atoms with van der Waals surface area (Å²) >= 11 is 0. The van der Waals surface area contributed by atoms with E-state index in [4.69, 9.17) is 9.40 Å². The molecule has 1 aromatic carbocycles. The van der Waals surface area contributed by atoms with Crippen LogP contribution in [0.15, 0.2) is 40.8 Å². The number of fused-ring (bicyclic) bond motifs is 2. The molecule has 1 N–H and O–H groups in total. The zero-order valence-corrected chi connectivity index (χ0v) is 20.9. The Morgan fingerprint density at radius 2 is 1.55 bits per heavy atom. The van der Waals surface area contributed by atoms with E-state index in [0.717, 1.165) is 29.9 Å². The number of anilines is 1. The van der Waals surface area contributed by atoms with E-state index in [0.29, 0.717) is 28.2 Å². The molecule has 1 saturated heterocycles. The van der Waals surface area contributed by atoms with Gasteiger partial charge in [0.05, 0.1) is 16.7 Å². The van der Waals surface area contributed by atoms with Gasteiger partial charge in [0.15, 0.2) is 11.5 Å². The van der Waals surface area contributed by atoms with E-state index in [1.54, 1.807) is 19.1 Å². The molecule has 0 spiro atoms. The van der Waals surface area contributed by atoms with Gasteiger partial charge in [0.25, 0.3) is 0 Å². The summed E-state index contributed by atoms with van der Waals surface area (Å²) in [6.45, 7) is 10.2. The van der Waals surface area contributed by atoms with Crippen LogP contribution in [-0.4, -0.2) is 33.1 Å². The number of hydrogen-bond donors (Lipinski definition) is 1. The Kier molecular flexibility index (Phi) is 7.57. The van der Waals surface area contributed by atoms with Crippen LogP contribution in [0.4, 0.5) is 5.82 Å². The number of pyridine rings is 2. The standard InChI is InChI=1S/C20H18N4O2.C4H9.Na/c1-12-21-17-11-18(25)13(10-19(17)26-12)14-4-5-16-15(22-14)6-7-20(23-16)24-8-2-3-9-24;1-4(2)3;/h4-7,10-11,25H,2-3,8-9H2,1H3;1-3H3;/q;-1;+1. The summed E-state index contributed by atoms with van der Waals surface area (Å²) in [5.41, 5.74) is 4.25. The minimum atomic E-state index is 0. The van der Waals surface area contributed by atoms with Crippen LogP contribution in [-0.2, 0) is 0 Å². The largest absolute Gasteiger partial charge is 1.00 e. The molecule has 1 aliphatic heterocycles. The smallest absolute Gasteiger partial charge is 0.507 e. The fourth-order valence-electron chi connectivity index (χ4n) is 3.55. The monoisotopic (exact) mass is 426 g/mol. The molecule has 6 nitrogen and oxygen atoms in total. The second kappa shape index (κ2) is 9.98. The summed E-state index contributed by atoms with van der Waals surface area (Å²) in [6, 6.07) is 11.2. The second-order valence-corrected chi connectivity index (χ2v) is 8.17. The van der Waals surface area contributed by atoms with E-state index < -0.39 is 0 Å². The Morgan fingerprint density at radius 1 is 0.903 bits per heavy atom. The fraction of sp³-hybridized carbons (Fsp3) is 0.333. The molecule has 5 rings (SSSR count). The van der Waals surface area contributed by atoms with Crippen molar-refractivity contribution in [2.75, 3.05) is 18.0 Å². The van der Waals surface area contributed by atoms with Gasteiger partial charge < -0.3 is 20.3 Å². The number of phenols is 1. The summed E-state index contributed by atoms with van der Waals surface area (Å²) in [5.74, 6) is 3.13. The van der Waals surface area contributed by atoms with Crippen molar-refractivity contribution in [3.05, 3.63) is 48.2 Å². The summed E-state index contributed by atoms with van der Waals surface area (Å²) in [4.78, 5) is 16.0. The van der Waals surface area contributed by atoms with Crippen molar-refractivity contribution in [3.8, 4) is 17.0 Å². The SMILES string of the molecule is C[C-](C)C.Cc1nc2cc(O)c(-c3ccc4nc(N5CCCC5)ccc4n3)cc2o1.[Na+]. The first-order chi connectivity index (χ1) is 14.4. The van der Waals surface area contributed by atoms with Crippen LogP contribution >= 0.6 is 0 Å². The number of oxazole rings is 1. The first-order valence-electron chi connectivity index (χ1n) is 10.3. The van der Waals surface area contributed by atoms with Gasteiger partial charge in [0.2, 0.25) is 0 Å². The number of aromatic hydroxyl groups is 1. The van der Waals surface area contributed by atoms with Crippen molar-refractivity contribution >= 4 is 28.0 Å². The van der Waals surface area contributed by atoms with Gasteiger partial charge in [-0.2, -0.15) is 20.8 Å².